The minimum Gasteiger partial charge on any atom is -0.487 e. The highest BCUT2D eigenvalue weighted by atomic mass is 79.9. The lowest BCUT2D eigenvalue weighted by Gasteiger charge is -2.08. The maximum atomic E-state index is 11.8. The number of halogens is 2. The zero-order chi connectivity index (χ0) is 15.5. The first-order chi connectivity index (χ1) is 10.7. The van der Waals surface area contributed by atoms with Gasteiger partial charge < -0.3 is 4.74 Å². The number of rotatable bonds is 5. The smallest absolute Gasteiger partial charge is 0.193 e. The molecule has 3 rings (SSSR count). The van der Waals surface area contributed by atoms with Crippen LogP contribution in [0.1, 0.15) is 16.1 Å². The predicted octanol–water partition coefficient (Wildman–Crippen LogP) is 4.14. The second-order valence-electron chi connectivity index (χ2n) is 4.71. The van der Waals surface area contributed by atoms with Gasteiger partial charge in [0.15, 0.2) is 5.78 Å². The Morgan fingerprint density at radius 3 is 2.77 bits per heavy atom. The number of hydrogen-bond acceptors (Lipinski definition) is 3. The number of benzene rings is 1. The lowest BCUT2D eigenvalue weighted by atomic mass is 10.2. The van der Waals surface area contributed by atoms with Gasteiger partial charge in [0.05, 0.1) is 10.4 Å². The van der Waals surface area contributed by atoms with Gasteiger partial charge >= 0.3 is 0 Å². The molecule has 0 amide bonds. The van der Waals surface area contributed by atoms with E-state index < -0.39 is 0 Å². The molecule has 0 atom stereocenters. The number of carbonyl (C=O) groups is 1. The summed E-state index contributed by atoms with van der Waals surface area (Å²) in [7, 11) is 0. The third-order valence-electron chi connectivity index (χ3n) is 3.15. The molecule has 0 aliphatic carbocycles. The predicted molar refractivity (Wildman–Crippen MR) is 89.1 cm³/mol. The largest absolute Gasteiger partial charge is 0.487 e. The summed E-state index contributed by atoms with van der Waals surface area (Å²) in [5.74, 6) is 0.506. The molecular weight excluding hydrogens is 368 g/mol. The molecule has 0 aliphatic rings. The Morgan fingerprint density at radius 2 is 2.05 bits per heavy atom. The summed E-state index contributed by atoms with van der Waals surface area (Å²) < 4.78 is 7.41. The monoisotopic (exact) mass is 378 g/mol. The maximum Gasteiger partial charge on any atom is 0.193 e. The summed E-state index contributed by atoms with van der Waals surface area (Å²) in [6, 6.07) is 13.3. The van der Waals surface area contributed by atoms with E-state index in [0.29, 0.717) is 28.6 Å². The SMILES string of the molecule is O=C(CBr)c1cc2c(OCc3ccccc3)cc(Cl)cn2n1. The minimum absolute atomic E-state index is 0.0890. The molecule has 0 spiro atoms. The molecule has 0 N–H and O–H groups in total. The molecule has 22 heavy (non-hydrogen) atoms. The van der Waals surface area contributed by atoms with Crippen molar-refractivity contribution in [2.75, 3.05) is 5.33 Å². The number of alkyl halides is 1. The Kier molecular flexibility index (Phi) is 4.45. The lowest BCUT2D eigenvalue weighted by molar-refractivity contribution is 0.101. The summed E-state index contributed by atoms with van der Waals surface area (Å²) in [6.45, 7) is 0.420. The standard InChI is InChI=1S/C16H12BrClN2O2/c17-8-15(21)13-7-14-16(6-12(18)9-20(14)19-13)22-10-11-4-2-1-3-5-11/h1-7,9H,8,10H2. The van der Waals surface area contributed by atoms with Crippen LogP contribution in [0.2, 0.25) is 5.02 Å². The van der Waals surface area contributed by atoms with E-state index >= 15 is 0 Å². The van der Waals surface area contributed by atoms with Gasteiger partial charge in [0.25, 0.3) is 0 Å². The van der Waals surface area contributed by atoms with Crippen molar-refractivity contribution in [3.63, 3.8) is 0 Å². The fourth-order valence-electron chi connectivity index (χ4n) is 2.09. The Labute approximate surface area is 140 Å². The summed E-state index contributed by atoms with van der Waals surface area (Å²) in [6.07, 6.45) is 1.65. The van der Waals surface area contributed by atoms with E-state index in [1.807, 2.05) is 30.3 Å². The van der Waals surface area contributed by atoms with Crippen molar-refractivity contribution in [1.29, 1.82) is 0 Å². The molecule has 0 radical (unpaired) electrons. The van der Waals surface area contributed by atoms with Crippen LogP contribution < -0.4 is 4.74 Å². The van der Waals surface area contributed by atoms with Crippen molar-refractivity contribution < 1.29 is 9.53 Å². The van der Waals surface area contributed by atoms with E-state index in [1.54, 1.807) is 22.8 Å². The van der Waals surface area contributed by atoms with E-state index in [0.717, 1.165) is 5.56 Å². The van der Waals surface area contributed by atoms with E-state index in [4.69, 9.17) is 16.3 Å². The van der Waals surface area contributed by atoms with Crippen molar-refractivity contribution in [1.82, 2.24) is 9.61 Å². The molecule has 0 saturated heterocycles. The number of fused-ring (bicyclic) bond motifs is 1. The van der Waals surface area contributed by atoms with Crippen LogP contribution in [-0.4, -0.2) is 20.7 Å². The average molecular weight is 380 g/mol. The third kappa shape index (κ3) is 3.15. The van der Waals surface area contributed by atoms with E-state index in [9.17, 15) is 4.79 Å². The zero-order valence-electron chi connectivity index (χ0n) is 11.5. The van der Waals surface area contributed by atoms with Gasteiger partial charge in [0, 0.05) is 12.3 Å². The Bertz CT molecular complexity index is 818. The molecule has 112 valence electrons. The van der Waals surface area contributed by atoms with Gasteiger partial charge in [-0.05, 0) is 11.6 Å². The zero-order valence-corrected chi connectivity index (χ0v) is 13.8. The van der Waals surface area contributed by atoms with Crippen LogP contribution in [0.5, 0.6) is 5.75 Å². The average Bonchev–Trinajstić information content (AvgIpc) is 2.96. The fourth-order valence-corrected chi connectivity index (χ4v) is 2.56. The second kappa shape index (κ2) is 6.50. The molecule has 0 aliphatic heterocycles. The van der Waals surface area contributed by atoms with Gasteiger partial charge in [0.2, 0.25) is 0 Å². The Morgan fingerprint density at radius 1 is 1.27 bits per heavy atom. The summed E-state index contributed by atoms with van der Waals surface area (Å²) >= 11 is 9.24. The van der Waals surface area contributed by atoms with Gasteiger partial charge in [-0.3, -0.25) is 4.79 Å². The van der Waals surface area contributed by atoms with Crippen LogP contribution in [0.4, 0.5) is 0 Å². The number of ketones is 1. The van der Waals surface area contributed by atoms with Crippen molar-refractivity contribution in [2.24, 2.45) is 0 Å². The van der Waals surface area contributed by atoms with Crippen LogP contribution in [0.25, 0.3) is 5.52 Å². The number of nitrogens with zero attached hydrogens (tertiary/aromatic N) is 2. The molecule has 0 bridgehead atoms. The highest BCUT2D eigenvalue weighted by Gasteiger charge is 2.13. The number of hydrogen-bond donors (Lipinski definition) is 0. The lowest BCUT2D eigenvalue weighted by Crippen LogP contribution is -2.01. The van der Waals surface area contributed by atoms with Crippen molar-refractivity contribution in [2.45, 2.75) is 6.61 Å². The van der Waals surface area contributed by atoms with Crippen LogP contribution in [-0.2, 0) is 6.61 Å². The third-order valence-corrected chi connectivity index (χ3v) is 3.86. The topological polar surface area (TPSA) is 43.6 Å². The number of ether oxygens (including phenoxy) is 1. The normalized spacial score (nSPS) is 10.8. The highest BCUT2D eigenvalue weighted by molar-refractivity contribution is 9.09. The molecule has 0 unspecified atom stereocenters. The molecule has 0 fully saturated rings. The Balaban J connectivity index is 1.94. The van der Waals surface area contributed by atoms with Crippen LogP contribution in [0.15, 0.2) is 48.7 Å². The first kappa shape index (κ1) is 15.1. The molecule has 6 heteroatoms. The van der Waals surface area contributed by atoms with E-state index in [2.05, 4.69) is 21.0 Å². The highest BCUT2D eigenvalue weighted by Crippen LogP contribution is 2.26. The van der Waals surface area contributed by atoms with E-state index in [-0.39, 0.29) is 11.1 Å². The van der Waals surface area contributed by atoms with E-state index in [1.165, 1.54) is 0 Å². The van der Waals surface area contributed by atoms with Gasteiger partial charge in [-0.1, -0.05) is 57.9 Å². The second-order valence-corrected chi connectivity index (χ2v) is 5.71. The van der Waals surface area contributed by atoms with Crippen LogP contribution in [0, 0.1) is 0 Å². The number of carbonyl (C=O) groups excluding carboxylic acids is 1. The first-order valence-electron chi connectivity index (χ1n) is 6.62. The molecule has 0 saturated carbocycles. The summed E-state index contributed by atoms with van der Waals surface area (Å²) in [4.78, 5) is 11.8. The molecular formula is C16H12BrClN2O2. The van der Waals surface area contributed by atoms with Gasteiger partial charge in [-0.15, -0.1) is 0 Å². The van der Waals surface area contributed by atoms with Crippen molar-refractivity contribution in [3.8, 4) is 5.75 Å². The molecule has 3 aromatic rings. The molecule has 2 aromatic heterocycles. The van der Waals surface area contributed by atoms with Gasteiger partial charge in [-0.25, -0.2) is 4.52 Å². The van der Waals surface area contributed by atoms with Gasteiger partial charge in [-0.2, -0.15) is 5.10 Å². The van der Waals surface area contributed by atoms with Crippen molar-refractivity contribution >= 4 is 38.8 Å². The molecule has 2 heterocycles. The molecule has 4 nitrogen and oxygen atoms in total. The number of aromatic nitrogens is 2. The quantitative estimate of drug-likeness (QED) is 0.494. The summed E-state index contributed by atoms with van der Waals surface area (Å²) in [5.41, 5.74) is 2.14. The van der Waals surface area contributed by atoms with Crippen molar-refractivity contribution in [3.05, 3.63) is 64.9 Å². The minimum atomic E-state index is -0.0890. The van der Waals surface area contributed by atoms with Crippen LogP contribution in [0.3, 0.4) is 0 Å². The Hall–Kier alpha value is -1.85. The molecule has 1 aromatic carbocycles. The number of Topliss-reactive ketones (excluding diaryl/α,β-unsaturated/α-hetero) is 1. The fraction of sp³-hybridized carbons (Fsp3) is 0.125. The summed E-state index contributed by atoms with van der Waals surface area (Å²) in [5, 5.41) is 4.96. The maximum absolute atomic E-state index is 11.8. The van der Waals surface area contributed by atoms with Gasteiger partial charge in [0.1, 0.15) is 23.6 Å². The first-order valence-corrected chi connectivity index (χ1v) is 8.12. The number of pyridine rings is 1. The van der Waals surface area contributed by atoms with Crippen LogP contribution >= 0.6 is 27.5 Å².